The van der Waals surface area contributed by atoms with Crippen molar-refractivity contribution in [2.75, 3.05) is 26.7 Å². The van der Waals surface area contributed by atoms with Crippen LogP contribution >= 0.6 is 0 Å². The first kappa shape index (κ1) is 13.3. The number of piperidine rings is 1. The van der Waals surface area contributed by atoms with Crippen LogP contribution in [-0.2, 0) is 9.59 Å². The van der Waals surface area contributed by atoms with Crippen LogP contribution in [-0.4, -0.2) is 54.6 Å². The zero-order chi connectivity index (χ0) is 12.8. The van der Waals surface area contributed by atoms with Crippen molar-refractivity contribution >= 4 is 17.9 Å². The van der Waals surface area contributed by atoms with Crippen molar-refractivity contribution < 1.29 is 19.5 Å². The van der Waals surface area contributed by atoms with Gasteiger partial charge >= 0.3 is 12.0 Å². The molecule has 0 bridgehead atoms. The van der Waals surface area contributed by atoms with Crippen molar-refractivity contribution in [3.05, 3.63) is 0 Å². The number of likely N-dealkylation sites (tertiary alicyclic amines) is 1. The minimum Gasteiger partial charge on any atom is -0.481 e. The van der Waals surface area contributed by atoms with Crippen LogP contribution in [0.1, 0.15) is 12.8 Å². The van der Waals surface area contributed by atoms with Crippen LogP contribution in [0.4, 0.5) is 4.79 Å². The number of nitrogens with zero attached hydrogens (tertiary/aromatic N) is 1. The number of nitrogens with one attached hydrogen (secondary N) is 2. The summed E-state index contributed by atoms with van der Waals surface area (Å²) in [6, 6.07) is -0.389. The molecular weight excluding hydrogens is 226 g/mol. The number of carboxylic acid groups (broad SMARTS) is 1. The lowest BCUT2D eigenvalue weighted by atomic mass is 9.99. The first-order chi connectivity index (χ1) is 8.04. The number of hydrogen-bond acceptors (Lipinski definition) is 3. The number of carbonyl (C=O) groups is 3. The molecule has 1 aliphatic rings. The van der Waals surface area contributed by atoms with E-state index in [0.717, 1.165) is 0 Å². The van der Waals surface area contributed by atoms with Gasteiger partial charge in [0, 0.05) is 20.1 Å². The van der Waals surface area contributed by atoms with E-state index in [9.17, 15) is 14.4 Å². The van der Waals surface area contributed by atoms with Gasteiger partial charge in [0.1, 0.15) is 0 Å². The molecule has 1 saturated heterocycles. The largest absolute Gasteiger partial charge is 0.481 e. The monoisotopic (exact) mass is 243 g/mol. The Morgan fingerprint density at radius 3 is 2.71 bits per heavy atom. The quantitative estimate of drug-likeness (QED) is 0.606. The maximum absolute atomic E-state index is 11.6. The second kappa shape index (κ2) is 6.07. The number of hydrogen-bond donors (Lipinski definition) is 3. The van der Waals surface area contributed by atoms with Gasteiger partial charge in [-0.2, -0.15) is 0 Å². The normalized spacial score (nSPS) is 19.6. The van der Waals surface area contributed by atoms with Crippen LogP contribution in [0.3, 0.4) is 0 Å². The molecule has 0 radical (unpaired) electrons. The molecule has 1 aliphatic heterocycles. The Kier molecular flexibility index (Phi) is 4.74. The van der Waals surface area contributed by atoms with Crippen molar-refractivity contribution in [3.8, 4) is 0 Å². The van der Waals surface area contributed by atoms with Crippen molar-refractivity contribution in [2.24, 2.45) is 5.92 Å². The first-order valence-electron chi connectivity index (χ1n) is 5.50. The van der Waals surface area contributed by atoms with Gasteiger partial charge in [-0.05, 0) is 12.8 Å². The van der Waals surface area contributed by atoms with Crippen LogP contribution in [0, 0.1) is 5.92 Å². The van der Waals surface area contributed by atoms with Gasteiger partial charge in [-0.1, -0.05) is 0 Å². The second-order valence-corrected chi connectivity index (χ2v) is 3.96. The van der Waals surface area contributed by atoms with E-state index in [-0.39, 0.29) is 25.0 Å². The summed E-state index contributed by atoms with van der Waals surface area (Å²) in [6.07, 6.45) is 1.26. The molecule has 7 nitrogen and oxygen atoms in total. The molecule has 0 unspecified atom stereocenters. The van der Waals surface area contributed by atoms with Crippen molar-refractivity contribution in [2.45, 2.75) is 12.8 Å². The maximum atomic E-state index is 11.6. The molecule has 1 fully saturated rings. The van der Waals surface area contributed by atoms with E-state index < -0.39 is 11.9 Å². The third-order valence-electron chi connectivity index (χ3n) is 2.74. The molecule has 3 amide bonds. The summed E-state index contributed by atoms with van der Waals surface area (Å²) in [5.41, 5.74) is 0. The van der Waals surface area contributed by atoms with E-state index in [1.165, 1.54) is 11.9 Å². The molecule has 7 heteroatoms. The molecule has 3 N–H and O–H groups in total. The minimum absolute atomic E-state index is 0.0937. The molecule has 1 rings (SSSR count). The average molecular weight is 243 g/mol. The highest BCUT2D eigenvalue weighted by Gasteiger charge is 2.27. The molecule has 96 valence electrons. The number of carbonyl (C=O) groups excluding carboxylic acids is 2. The summed E-state index contributed by atoms with van der Waals surface area (Å²) in [5.74, 6) is -1.67. The number of urea groups is 1. The van der Waals surface area contributed by atoms with Gasteiger partial charge in [-0.25, -0.2) is 4.79 Å². The lowest BCUT2D eigenvalue weighted by Gasteiger charge is -2.30. The van der Waals surface area contributed by atoms with Crippen molar-refractivity contribution in [1.82, 2.24) is 15.5 Å². The fourth-order valence-electron chi connectivity index (χ4n) is 1.72. The van der Waals surface area contributed by atoms with E-state index in [4.69, 9.17) is 5.11 Å². The van der Waals surface area contributed by atoms with Crippen molar-refractivity contribution in [3.63, 3.8) is 0 Å². The number of aliphatic carboxylic acids is 1. The molecule has 0 aromatic rings. The second-order valence-electron chi connectivity index (χ2n) is 3.96. The van der Waals surface area contributed by atoms with Crippen LogP contribution in [0.2, 0.25) is 0 Å². The number of likely N-dealkylation sites (N-methyl/N-ethyl adjacent to an activating group) is 1. The summed E-state index contributed by atoms with van der Waals surface area (Å²) >= 11 is 0. The predicted octanol–water partition coefficient (Wildman–Crippen LogP) is -0.761. The molecule has 0 saturated carbocycles. The Labute approximate surface area is 99.2 Å². The number of carboxylic acids is 1. The van der Waals surface area contributed by atoms with Crippen molar-refractivity contribution in [1.29, 1.82) is 0 Å². The van der Waals surface area contributed by atoms with Gasteiger partial charge in [0.2, 0.25) is 5.91 Å². The van der Waals surface area contributed by atoms with Gasteiger partial charge in [0.05, 0.1) is 12.5 Å². The molecule has 1 atom stereocenters. The standard InChI is InChI=1S/C10H17N3O4/c1-11-8(14)5-12-10(17)13-4-2-3-7(6-13)9(15)16/h7H,2-6H2,1H3,(H,11,14)(H,12,17)(H,15,16)/t7-/m1/s1. The van der Waals surface area contributed by atoms with E-state index in [1.54, 1.807) is 0 Å². The summed E-state index contributed by atoms with van der Waals surface area (Å²) < 4.78 is 0. The van der Waals surface area contributed by atoms with Gasteiger partial charge < -0.3 is 20.6 Å². The SMILES string of the molecule is CNC(=O)CNC(=O)N1CCC[C@@H](C(=O)O)C1. The molecule has 1 heterocycles. The lowest BCUT2D eigenvalue weighted by molar-refractivity contribution is -0.143. The summed E-state index contributed by atoms with van der Waals surface area (Å²) in [5, 5.41) is 13.7. The van der Waals surface area contributed by atoms with Crippen LogP contribution in [0.5, 0.6) is 0 Å². The lowest BCUT2D eigenvalue weighted by Crippen LogP contribution is -2.48. The molecule has 0 aliphatic carbocycles. The minimum atomic E-state index is -0.881. The zero-order valence-electron chi connectivity index (χ0n) is 9.73. The molecule has 0 spiro atoms. The van der Waals surface area contributed by atoms with Crippen LogP contribution in [0.15, 0.2) is 0 Å². The molecule has 0 aromatic heterocycles. The Morgan fingerprint density at radius 2 is 2.12 bits per heavy atom. The highest BCUT2D eigenvalue weighted by atomic mass is 16.4. The highest BCUT2D eigenvalue weighted by molar-refractivity contribution is 5.84. The molecule has 0 aromatic carbocycles. The van der Waals surface area contributed by atoms with E-state index in [2.05, 4.69) is 10.6 Å². The third kappa shape index (κ3) is 3.93. The van der Waals surface area contributed by atoms with Crippen LogP contribution in [0.25, 0.3) is 0 Å². The smallest absolute Gasteiger partial charge is 0.317 e. The molecule has 17 heavy (non-hydrogen) atoms. The maximum Gasteiger partial charge on any atom is 0.317 e. The van der Waals surface area contributed by atoms with Gasteiger partial charge in [0.15, 0.2) is 0 Å². The van der Waals surface area contributed by atoms with Gasteiger partial charge in [0.25, 0.3) is 0 Å². The summed E-state index contributed by atoms with van der Waals surface area (Å²) in [6.45, 7) is 0.641. The Morgan fingerprint density at radius 1 is 1.41 bits per heavy atom. The summed E-state index contributed by atoms with van der Waals surface area (Å²) in [7, 11) is 1.48. The van der Waals surface area contributed by atoms with E-state index >= 15 is 0 Å². The number of rotatable bonds is 3. The number of amides is 3. The topological polar surface area (TPSA) is 98.7 Å². The Hall–Kier alpha value is -1.79. The van der Waals surface area contributed by atoms with Crippen LogP contribution < -0.4 is 10.6 Å². The fraction of sp³-hybridized carbons (Fsp3) is 0.700. The summed E-state index contributed by atoms with van der Waals surface area (Å²) in [4.78, 5) is 34.8. The third-order valence-corrected chi connectivity index (χ3v) is 2.74. The highest BCUT2D eigenvalue weighted by Crippen LogP contribution is 2.16. The molecular formula is C10H17N3O4. The average Bonchev–Trinajstić information content (AvgIpc) is 2.35. The van der Waals surface area contributed by atoms with E-state index in [0.29, 0.717) is 19.4 Å². The van der Waals surface area contributed by atoms with Gasteiger partial charge in [-0.3, -0.25) is 9.59 Å². The Balaban J connectivity index is 2.41. The fourth-order valence-corrected chi connectivity index (χ4v) is 1.72. The first-order valence-corrected chi connectivity index (χ1v) is 5.50. The predicted molar refractivity (Wildman–Crippen MR) is 59.4 cm³/mol. The zero-order valence-corrected chi connectivity index (χ0v) is 9.73. The van der Waals surface area contributed by atoms with E-state index in [1.807, 2.05) is 0 Å². The Bertz CT molecular complexity index is 319. The van der Waals surface area contributed by atoms with Gasteiger partial charge in [-0.15, -0.1) is 0 Å².